The van der Waals surface area contributed by atoms with E-state index in [9.17, 15) is 4.79 Å². The summed E-state index contributed by atoms with van der Waals surface area (Å²) in [5.41, 5.74) is 6.94. The molecular formula is C17H27Cl2N7O. The van der Waals surface area contributed by atoms with Gasteiger partial charge in [0.05, 0.1) is 11.6 Å². The SMILES string of the molecule is Cl.Cl.Cn1ncc2c(N3CCN(C(=O)C[C@@H]4CCC[C@H]4N)CC3)ncnc21. The standard InChI is InChI=1S/C17H25N7O.2ClH/c1-22-16-13(10-21-22)17(20-11-19-16)24-7-5-23(6-8-24)15(25)9-12-3-2-4-14(12)18;;/h10-12,14H,2-9,18H2,1H3;2*1H/t12-,14+;;/m0../s1. The summed E-state index contributed by atoms with van der Waals surface area (Å²) in [6.07, 6.45) is 7.29. The van der Waals surface area contributed by atoms with Crippen molar-refractivity contribution < 1.29 is 4.79 Å². The Morgan fingerprint density at radius 1 is 1.19 bits per heavy atom. The smallest absolute Gasteiger partial charge is 0.223 e. The second-order valence-corrected chi connectivity index (χ2v) is 7.13. The van der Waals surface area contributed by atoms with Gasteiger partial charge in [-0.25, -0.2) is 9.97 Å². The normalized spacial score (nSPS) is 22.4. The van der Waals surface area contributed by atoms with Gasteiger partial charge in [-0.2, -0.15) is 5.10 Å². The predicted molar refractivity (Wildman–Crippen MR) is 110 cm³/mol. The molecule has 0 aromatic carbocycles. The van der Waals surface area contributed by atoms with Crippen LogP contribution >= 0.6 is 24.8 Å². The zero-order chi connectivity index (χ0) is 17.4. The van der Waals surface area contributed by atoms with E-state index >= 15 is 0 Å². The van der Waals surface area contributed by atoms with Gasteiger partial charge in [-0.1, -0.05) is 6.42 Å². The number of amides is 1. The van der Waals surface area contributed by atoms with Gasteiger partial charge in [-0.05, 0) is 18.8 Å². The zero-order valence-corrected chi connectivity index (χ0v) is 17.1. The molecule has 1 aliphatic carbocycles. The second kappa shape index (κ2) is 9.03. The third-order valence-corrected chi connectivity index (χ3v) is 5.60. The largest absolute Gasteiger partial charge is 0.352 e. The van der Waals surface area contributed by atoms with Crippen LogP contribution in [0.4, 0.5) is 5.82 Å². The van der Waals surface area contributed by atoms with Crippen LogP contribution in [0, 0.1) is 5.92 Å². The molecule has 2 fully saturated rings. The lowest BCUT2D eigenvalue weighted by Gasteiger charge is -2.36. The molecule has 0 bridgehead atoms. The van der Waals surface area contributed by atoms with Gasteiger partial charge in [-0.15, -0.1) is 24.8 Å². The van der Waals surface area contributed by atoms with Crippen LogP contribution in [0.2, 0.25) is 0 Å². The molecule has 3 heterocycles. The highest BCUT2D eigenvalue weighted by molar-refractivity contribution is 5.87. The first-order valence-corrected chi connectivity index (χ1v) is 9.04. The van der Waals surface area contributed by atoms with Crippen molar-refractivity contribution in [3.05, 3.63) is 12.5 Å². The van der Waals surface area contributed by atoms with Crippen molar-refractivity contribution in [1.82, 2.24) is 24.6 Å². The average Bonchev–Trinajstić information content (AvgIpc) is 3.21. The van der Waals surface area contributed by atoms with Crippen molar-refractivity contribution in [1.29, 1.82) is 0 Å². The number of aromatic nitrogens is 4. The zero-order valence-electron chi connectivity index (χ0n) is 15.5. The number of fused-ring (bicyclic) bond motifs is 1. The van der Waals surface area contributed by atoms with Gasteiger partial charge in [0.1, 0.15) is 12.1 Å². The molecule has 0 unspecified atom stereocenters. The molecule has 4 rings (SSSR count). The molecule has 10 heteroatoms. The Bertz CT molecular complexity index is 776. The van der Waals surface area contributed by atoms with Gasteiger partial charge in [0.15, 0.2) is 5.65 Å². The fourth-order valence-corrected chi connectivity index (χ4v) is 4.04. The van der Waals surface area contributed by atoms with Gasteiger partial charge < -0.3 is 15.5 Å². The highest BCUT2D eigenvalue weighted by atomic mass is 35.5. The molecule has 2 aromatic heterocycles. The molecular weight excluding hydrogens is 389 g/mol. The minimum atomic E-state index is 0. The quantitative estimate of drug-likeness (QED) is 0.813. The number of piperazine rings is 1. The summed E-state index contributed by atoms with van der Waals surface area (Å²) in [5.74, 6) is 1.52. The summed E-state index contributed by atoms with van der Waals surface area (Å²) in [7, 11) is 1.88. The molecule has 150 valence electrons. The average molecular weight is 416 g/mol. The first-order chi connectivity index (χ1) is 12.1. The van der Waals surface area contributed by atoms with E-state index in [4.69, 9.17) is 5.73 Å². The number of carbonyl (C=O) groups excluding carboxylic acids is 1. The second-order valence-electron chi connectivity index (χ2n) is 7.13. The van der Waals surface area contributed by atoms with Crippen molar-refractivity contribution in [2.75, 3.05) is 31.1 Å². The number of nitrogens with two attached hydrogens (primary N) is 1. The summed E-state index contributed by atoms with van der Waals surface area (Å²) in [5, 5.41) is 5.23. The Morgan fingerprint density at radius 3 is 2.59 bits per heavy atom. The van der Waals surface area contributed by atoms with Crippen LogP contribution in [0.15, 0.2) is 12.5 Å². The van der Waals surface area contributed by atoms with Crippen molar-refractivity contribution in [3.63, 3.8) is 0 Å². The third kappa shape index (κ3) is 4.28. The topological polar surface area (TPSA) is 93.2 Å². The molecule has 2 aromatic rings. The Morgan fingerprint density at radius 2 is 1.93 bits per heavy atom. The number of nitrogens with zero attached hydrogens (tertiary/aromatic N) is 6. The molecule has 1 aliphatic heterocycles. The van der Waals surface area contributed by atoms with E-state index in [1.54, 1.807) is 11.0 Å². The van der Waals surface area contributed by atoms with Crippen LogP contribution < -0.4 is 10.6 Å². The van der Waals surface area contributed by atoms with Crippen molar-refractivity contribution in [3.8, 4) is 0 Å². The van der Waals surface area contributed by atoms with Crippen LogP contribution in [-0.2, 0) is 11.8 Å². The van der Waals surface area contributed by atoms with Crippen molar-refractivity contribution in [2.24, 2.45) is 18.7 Å². The van der Waals surface area contributed by atoms with Crippen molar-refractivity contribution in [2.45, 2.75) is 31.7 Å². The maximum absolute atomic E-state index is 12.6. The third-order valence-electron chi connectivity index (χ3n) is 5.60. The fourth-order valence-electron chi connectivity index (χ4n) is 4.04. The van der Waals surface area contributed by atoms with Gasteiger partial charge >= 0.3 is 0 Å². The van der Waals surface area contributed by atoms with Crippen molar-refractivity contribution >= 4 is 47.6 Å². The lowest BCUT2D eigenvalue weighted by molar-refractivity contribution is -0.132. The molecule has 1 saturated heterocycles. The first-order valence-electron chi connectivity index (χ1n) is 9.04. The maximum Gasteiger partial charge on any atom is 0.223 e. The van der Waals surface area contributed by atoms with Gasteiger partial charge in [-0.3, -0.25) is 9.48 Å². The fraction of sp³-hybridized carbons (Fsp3) is 0.647. The number of aryl methyl sites for hydroxylation is 1. The summed E-state index contributed by atoms with van der Waals surface area (Å²) in [6.45, 7) is 3.02. The van der Waals surface area contributed by atoms with E-state index in [1.165, 1.54) is 0 Å². The minimum Gasteiger partial charge on any atom is -0.352 e. The van der Waals surface area contributed by atoms with Crippen LogP contribution in [0.3, 0.4) is 0 Å². The molecule has 2 aliphatic rings. The van der Waals surface area contributed by atoms with E-state index < -0.39 is 0 Å². The van der Waals surface area contributed by atoms with Gasteiger partial charge in [0.2, 0.25) is 5.91 Å². The summed E-state index contributed by atoms with van der Waals surface area (Å²) in [6, 6.07) is 0.199. The lowest BCUT2D eigenvalue weighted by atomic mass is 9.99. The number of hydrogen-bond acceptors (Lipinski definition) is 6. The van der Waals surface area contributed by atoms with E-state index in [0.29, 0.717) is 12.3 Å². The van der Waals surface area contributed by atoms with E-state index in [0.717, 1.165) is 62.3 Å². The number of hydrogen-bond donors (Lipinski definition) is 1. The molecule has 0 spiro atoms. The summed E-state index contributed by atoms with van der Waals surface area (Å²) >= 11 is 0. The number of halogens is 2. The lowest BCUT2D eigenvalue weighted by Crippen LogP contribution is -2.49. The Hall–Kier alpha value is -1.64. The molecule has 2 N–H and O–H groups in total. The number of rotatable bonds is 3. The number of carbonyl (C=O) groups is 1. The highest BCUT2D eigenvalue weighted by Crippen LogP contribution is 2.28. The van der Waals surface area contributed by atoms with E-state index in [1.807, 2.05) is 18.1 Å². The number of anilines is 1. The van der Waals surface area contributed by atoms with Gasteiger partial charge in [0.25, 0.3) is 0 Å². The molecule has 1 amide bonds. The maximum atomic E-state index is 12.6. The summed E-state index contributed by atoms with van der Waals surface area (Å²) in [4.78, 5) is 25.5. The van der Waals surface area contributed by atoms with Crippen LogP contribution in [0.5, 0.6) is 0 Å². The van der Waals surface area contributed by atoms with E-state index in [2.05, 4.69) is 20.0 Å². The van der Waals surface area contributed by atoms with Crippen LogP contribution in [0.1, 0.15) is 25.7 Å². The molecule has 8 nitrogen and oxygen atoms in total. The predicted octanol–water partition coefficient (Wildman–Crippen LogP) is 1.37. The molecule has 0 radical (unpaired) electrons. The monoisotopic (exact) mass is 415 g/mol. The van der Waals surface area contributed by atoms with E-state index in [-0.39, 0.29) is 36.8 Å². The molecule has 27 heavy (non-hydrogen) atoms. The minimum absolute atomic E-state index is 0. The van der Waals surface area contributed by atoms with Crippen LogP contribution in [-0.4, -0.2) is 62.8 Å². The molecule has 1 saturated carbocycles. The highest BCUT2D eigenvalue weighted by Gasteiger charge is 2.29. The summed E-state index contributed by atoms with van der Waals surface area (Å²) < 4.78 is 1.76. The van der Waals surface area contributed by atoms with Gasteiger partial charge in [0, 0.05) is 45.7 Å². The molecule has 2 atom stereocenters. The Labute approximate surface area is 171 Å². The first kappa shape index (κ1) is 21.7. The van der Waals surface area contributed by atoms with Crippen LogP contribution in [0.25, 0.3) is 11.0 Å². The Balaban J connectivity index is 0.00000131. The Kier molecular flexibility index (Phi) is 7.25.